The average molecular weight is 367 g/mol. The number of likely N-dealkylation sites (tertiary alicyclic amines) is 1. The number of pyridine rings is 1. The number of piperidine rings is 1. The standard InChI is InChI=1S/C21H25N3O3/c1-16(25)24-11-5-8-19(14-24)21(26)23-13-18-9-10-22-20(12-18)27-15-17-6-3-2-4-7-17/h2-4,6-7,9-10,12,19H,5,8,11,13-15H2,1H3,(H,23,26)/t19-/m0/s1. The molecule has 1 aliphatic heterocycles. The predicted octanol–water partition coefficient (Wildman–Crippen LogP) is 2.54. The molecular weight excluding hydrogens is 342 g/mol. The second-order valence-corrected chi connectivity index (χ2v) is 6.80. The summed E-state index contributed by atoms with van der Waals surface area (Å²) >= 11 is 0. The topological polar surface area (TPSA) is 71.5 Å². The van der Waals surface area contributed by atoms with Crippen LogP contribution < -0.4 is 10.1 Å². The molecule has 1 saturated heterocycles. The molecule has 2 heterocycles. The van der Waals surface area contributed by atoms with Crippen LogP contribution >= 0.6 is 0 Å². The monoisotopic (exact) mass is 367 g/mol. The van der Waals surface area contributed by atoms with Crippen molar-refractivity contribution in [2.45, 2.75) is 32.9 Å². The van der Waals surface area contributed by atoms with E-state index in [0.717, 1.165) is 30.5 Å². The van der Waals surface area contributed by atoms with Crippen molar-refractivity contribution in [1.82, 2.24) is 15.2 Å². The van der Waals surface area contributed by atoms with E-state index in [4.69, 9.17) is 4.74 Å². The number of ether oxygens (including phenoxy) is 1. The maximum Gasteiger partial charge on any atom is 0.225 e. The second kappa shape index (κ2) is 9.16. The van der Waals surface area contributed by atoms with Gasteiger partial charge in [-0.25, -0.2) is 4.98 Å². The van der Waals surface area contributed by atoms with E-state index in [1.54, 1.807) is 18.0 Å². The molecule has 0 aliphatic carbocycles. The van der Waals surface area contributed by atoms with Crippen molar-refractivity contribution >= 4 is 11.8 Å². The van der Waals surface area contributed by atoms with Crippen LogP contribution in [0.5, 0.6) is 5.88 Å². The highest BCUT2D eigenvalue weighted by Crippen LogP contribution is 2.17. The van der Waals surface area contributed by atoms with Gasteiger partial charge in [0.2, 0.25) is 17.7 Å². The SMILES string of the molecule is CC(=O)N1CCC[C@H](C(=O)NCc2ccnc(OCc3ccccc3)c2)C1. The van der Waals surface area contributed by atoms with E-state index in [1.165, 1.54) is 0 Å². The molecule has 0 spiro atoms. The number of carbonyl (C=O) groups excluding carboxylic acids is 2. The summed E-state index contributed by atoms with van der Waals surface area (Å²) in [7, 11) is 0. The minimum absolute atomic E-state index is 0.00971. The van der Waals surface area contributed by atoms with Crippen LogP contribution in [0.3, 0.4) is 0 Å². The van der Waals surface area contributed by atoms with Crippen LogP contribution in [0, 0.1) is 5.92 Å². The number of hydrogen-bond donors (Lipinski definition) is 1. The summed E-state index contributed by atoms with van der Waals surface area (Å²) in [4.78, 5) is 29.9. The summed E-state index contributed by atoms with van der Waals surface area (Å²) in [6.07, 6.45) is 3.36. The number of aromatic nitrogens is 1. The van der Waals surface area contributed by atoms with Gasteiger partial charge >= 0.3 is 0 Å². The summed E-state index contributed by atoms with van der Waals surface area (Å²) in [6, 6.07) is 13.6. The fraction of sp³-hybridized carbons (Fsp3) is 0.381. The minimum atomic E-state index is -0.140. The van der Waals surface area contributed by atoms with Crippen molar-refractivity contribution in [1.29, 1.82) is 0 Å². The van der Waals surface area contributed by atoms with Crippen molar-refractivity contribution in [2.75, 3.05) is 13.1 Å². The zero-order chi connectivity index (χ0) is 19.1. The lowest BCUT2D eigenvalue weighted by Crippen LogP contribution is -2.44. The van der Waals surface area contributed by atoms with Crippen LogP contribution in [0.4, 0.5) is 0 Å². The first-order valence-corrected chi connectivity index (χ1v) is 9.26. The third-order valence-corrected chi connectivity index (χ3v) is 4.73. The molecule has 2 aromatic rings. The van der Waals surface area contributed by atoms with Crippen molar-refractivity contribution in [3.05, 3.63) is 59.8 Å². The lowest BCUT2D eigenvalue weighted by atomic mass is 9.97. The zero-order valence-corrected chi connectivity index (χ0v) is 15.6. The maximum absolute atomic E-state index is 12.4. The van der Waals surface area contributed by atoms with E-state index in [9.17, 15) is 9.59 Å². The Morgan fingerprint density at radius 2 is 2.04 bits per heavy atom. The fourth-order valence-electron chi connectivity index (χ4n) is 3.18. The van der Waals surface area contributed by atoms with E-state index in [2.05, 4.69) is 10.3 Å². The lowest BCUT2D eigenvalue weighted by molar-refractivity contribution is -0.134. The Morgan fingerprint density at radius 1 is 1.22 bits per heavy atom. The lowest BCUT2D eigenvalue weighted by Gasteiger charge is -2.31. The largest absolute Gasteiger partial charge is 0.473 e. The van der Waals surface area contributed by atoms with Gasteiger partial charge in [0.15, 0.2) is 0 Å². The first-order chi connectivity index (χ1) is 13.1. The minimum Gasteiger partial charge on any atom is -0.473 e. The number of hydrogen-bond acceptors (Lipinski definition) is 4. The van der Waals surface area contributed by atoms with Gasteiger partial charge in [-0.05, 0) is 30.0 Å². The van der Waals surface area contributed by atoms with Gasteiger partial charge in [-0.3, -0.25) is 9.59 Å². The Bertz CT molecular complexity index is 779. The van der Waals surface area contributed by atoms with Crippen LogP contribution in [0.15, 0.2) is 48.7 Å². The Balaban J connectivity index is 1.50. The molecule has 0 bridgehead atoms. The summed E-state index contributed by atoms with van der Waals surface area (Å²) < 4.78 is 5.73. The number of nitrogens with one attached hydrogen (secondary N) is 1. The van der Waals surface area contributed by atoms with Gasteiger partial charge < -0.3 is 15.0 Å². The molecule has 1 atom stereocenters. The molecule has 0 radical (unpaired) electrons. The van der Waals surface area contributed by atoms with Gasteiger partial charge in [0.05, 0.1) is 5.92 Å². The number of nitrogens with zero attached hydrogens (tertiary/aromatic N) is 2. The van der Waals surface area contributed by atoms with Crippen LogP contribution in [0.25, 0.3) is 0 Å². The van der Waals surface area contributed by atoms with Crippen LogP contribution in [0.1, 0.15) is 30.9 Å². The molecule has 1 aromatic carbocycles. The van der Waals surface area contributed by atoms with E-state index in [-0.39, 0.29) is 17.7 Å². The Hall–Kier alpha value is -2.89. The third kappa shape index (κ3) is 5.54. The summed E-state index contributed by atoms with van der Waals surface area (Å²) in [6.45, 7) is 3.66. The highest BCUT2D eigenvalue weighted by molar-refractivity contribution is 5.80. The molecule has 0 unspecified atom stereocenters. The quantitative estimate of drug-likeness (QED) is 0.852. The van der Waals surface area contributed by atoms with Crippen molar-refractivity contribution in [2.24, 2.45) is 5.92 Å². The first kappa shape index (κ1) is 18.9. The van der Waals surface area contributed by atoms with Crippen molar-refractivity contribution in [3.8, 4) is 5.88 Å². The Labute approximate surface area is 159 Å². The smallest absolute Gasteiger partial charge is 0.225 e. The molecule has 0 saturated carbocycles. The van der Waals surface area contributed by atoms with Gasteiger partial charge in [-0.1, -0.05) is 30.3 Å². The molecule has 1 N–H and O–H groups in total. The average Bonchev–Trinajstić information content (AvgIpc) is 2.71. The number of carbonyl (C=O) groups is 2. The number of amides is 2. The van der Waals surface area contributed by atoms with Gasteiger partial charge in [0.1, 0.15) is 6.61 Å². The van der Waals surface area contributed by atoms with Gasteiger partial charge in [-0.2, -0.15) is 0 Å². The summed E-state index contributed by atoms with van der Waals surface area (Å²) in [5.74, 6) is 0.413. The van der Waals surface area contributed by atoms with Gasteiger partial charge in [0, 0.05) is 38.8 Å². The zero-order valence-electron chi connectivity index (χ0n) is 15.6. The molecule has 1 aromatic heterocycles. The molecule has 6 heteroatoms. The third-order valence-electron chi connectivity index (χ3n) is 4.73. The van der Waals surface area contributed by atoms with E-state index >= 15 is 0 Å². The van der Waals surface area contributed by atoms with Gasteiger partial charge in [0.25, 0.3) is 0 Å². The normalized spacial score (nSPS) is 16.6. The van der Waals surface area contributed by atoms with E-state index in [1.807, 2.05) is 42.5 Å². The molecule has 1 fully saturated rings. The van der Waals surface area contributed by atoms with Gasteiger partial charge in [-0.15, -0.1) is 0 Å². The number of benzene rings is 1. The van der Waals surface area contributed by atoms with E-state index in [0.29, 0.717) is 25.6 Å². The van der Waals surface area contributed by atoms with E-state index < -0.39 is 0 Å². The molecule has 3 rings (SSSR count). The van der Waals surface area contributed by atoms with Crippen LogP contribution in [0.2, 0.25) is 0 Å². The molecule has 2 amide bonds. The fourth-order valence-corrected chi connectivity index (χ4v) is 3.18. The van der Waals surface area contributed by atoms with Crippen LogP contribution in [-0.2, 0) is 22.7 Å². The molecule has 142 valence electrons. The van der Waals surface area contributed by atoms with Crippen LogP contribution in [-0.4, -0.2) is 34.8 Å². The maximum atomic E-state index is 12.4. The molecule has 1 aliphatic rings. The first-order valence-electron chi connectivity index (χ1n) is 9.26. The summed E-state index contributed by atoms with van der Waals surface area (Å²) in [5.41, 5.74) is 2.01. The molecule has 6 nitrogen and oxygen atoms in total. The summed E-state index contributed by atoms with van der Waals surface area (Å²) in [5, 5.41) is 2.97. The Morgan fingerprint density at radius 3 is 2.81 bits per heavy atom. The predicted molar refractivity (Wildman–Crippen MR) is 102 cm³/mol. The molecular formula is C21H25N3O3. The highest BCUT2D eigenvalue weighted by atomic mass is 16.5. The molecule has 27 heavy (non-hydrogen) atoms. The van der Waals surface area contributed by atoms with Crippen molar-refractivity contribution in [3.63, 3.8) is 0 Å². The van der Waals surface area contributed by atoms with Crippen molar-refractivity contribution < 1.29 is 14.3 Å². The number of rotatable bonds is 6. The highest BCUT2D eigenvalue weighted by Gasteiger charge is 2.26. The Kier molecular flexibility index (Phi) is 6.41. The second-order valence-electron chi connectivity index (χ2n) is 6.80.